The smallest absolute Gasteiger partial charge is 0.410 e. The van der Waals surface area contributed by atoms with Crippen molar-refractivity contribution < 1.29 is 14.3 Å². The lowest BCUT2D eigenvalue weighted by molar-refractivity contribution is -0.121. The molecule has 1 fully saturated rings. The first kappa shape index (κ1) is 9.83. The van der Waals surface area contributed by atoms with Crippen LogP contribution in [-0.4, -0.2) is 43.1 Å². The van der Waals surface area contributed by atoms with Gasteiger partial charge in [0.1, 0.15) is 13.2 Å². The molecule has 5 heteroatoms. The molecule has 1 rings (SSSR count). The number of ether oxygens (including phenoxy) is 1. The van der Waals surface area contributed by atoms with Gasteiger partial charge < -0.3 is 10.1 Å². The zero-order chi connectivity index (χ0) is 9.68. The molecule has 0 aromatic rings. The van der Waals surface area contributed by atoms with Crippen molar-refractivity contribution in [2.75, 3.05) is 26.2 Å². The van der Waals surface area contributed by atoms with Crippen LogP contribution in [0.3, 0.4) is 0 Å². The highest BCUT2D eigenvalue weighted by Gasteiger charge is 2.23. The fourth-order valence-electron chi connectivity index (χ4n) is 1.06. The molecule has 0 aliphatic carbocycles. The molecule has 0 aromatic carbocycles. The molecule has 1 heterocycles. The maximum atomic E-state index is 11.1. The largest absolute Gasteiger partial charge is 0.448 e. The van der Waals surface area contributed by atoms with Gasteiger partial charge in [-0.1, -0.05) is 6.92 Å². The van der Waals surface area contributed by atoms with Crippen molar-refractivity contribution in [2.45, 2.75) is 13.3 Å². The van der Waals surface area contributed by atoms with Gasteiger partial charge in [-0.25, -0.2) is 4.79 Å². The lowest BCUT2D eigenvalue weighted by atomic mass is 10.4. The summed E-state index contributed by atoms with van der Waals surface area (Å²) in [5.41, 5.74) is 0. The Bertz CT molecular complexity index is 206. The highest BCUT2D eigenvalue weighted by molar-refractivity contribution is 5.82. The van der Waals surface area contributed by atoms with Gasteiger partial charge in [-0.2, -0.15) is 0 Å². The number of hydrogen-bond donors (Lipinski definition) is 1. The zero-order valence-electron chi connectivity index (χ0n) is 7.71. The number of carbonyl (C=O) groups excluding carboxylic acids is 2. The normalized spacial score (nSPS) is 15.8. The van der Waals surface area contributed by atoms with Crippen LogP contribution in [0.4, 0.5) is 4.79 Å². The summed E-state index contributed by atoms with van der Waals surface area (Å²) in [6.07, 6.45) is 0.502. The monoisotopic (exact) mass is 186 g/mol. The number of amides is 2. The standard InChI is InChI=1S/C8H14N2O3/c1-2-3-9-7(11)6-10-4-5-13-8(10)12/h2-6H2,1H3,(H,9,11). The van der Waals surface area contributed by atoms with E-state index >= 15 is 0 Å². The third kappa shape index (κ3) is 2.93. The van der Waals surface area contributed by atoms with E-state index in [2.05, 4.69) is 10.1 Å². The third-order valence-corrected chi connectivity index (χ3v) is 1.75. The first-order chi connectivity index (χ1) is 6.24. The van der Waals surface area contributed by atoms with Crippen molar-refractivity contribution >= 4 is 12.0 Å². The number of hydrogen-bond acceptors (Lipinski definition) is 3. The first-order valence-corrected chi connectivity index (χ1v) is 4.42. The number of carbonyl (C=O) groups is 2. The summed E-state index contributed by atoms with van der Waals surface area (Å²) in [7, 11) is 0. The second-order valence-corrected chi connectivity index (χ2v) is 2.89. The molecule has 0 saturated carbocycles. The summed E-state index contributed by atoms with van der Waals surface area (Å²) < 4.78 is 4.68. The van der Waals surface area contributed by atoms with Gasteiger partial charge in [0.15, 0.2) is 0 Å². The Labute approximate surface area is 77.0 Å². The van der Waals surface area contributed by atoms with E-state index in [0.717, 1.165) is 6.42 Å². The summed E-state index contributed by atoms with van der Waals surface area (Å²) in [5.74, 6) is -0.124. The maximum Gasteiger partial charge on any atom is 0.410 e. The molecule has 2 amide bonds. The van der Waals surface area contributed by atoms with Gasteiger partial charge >= 0.3 is 6.09 Å². The molecular formula is C8H14N2O3. The molecule has 0 atom stereocenters. The van der Waals surface area contributed by atoms with Crippen molar-refractivity contribution in [2.24, 2.45) is 0 Å². The van der Waals surface area contributed by atoms with Gasteiger partial charge in [-0.3, -0.25) is 9.69 Å². The predicted molar refractivity (Wildman–Crippen MR) is 46.2 cm³/mol. The number of nitrogens with one attached hydrogen (secondary N) is 1. The molecule has 1 N–H and O–H groups in total. The van der Waals surface area contributed by atoms with E-state index in [-0.39, 0.29) is 12.5 Å². The molecule has 0 unspecified atom stereocenters. The van der Waals surface area contributed by atoms with Crippen LogP contribution in [0.15, 0.2) is 0 Å². The fraction of sp³-hybridized carbons (Fsp3) is 0.750. The number of cyclic esters (lactones) is 1. The van der Waals surface area contributed by atoms with Crippen molar-refractivity contribution in [1.29, 1.82) is 0 Å². The number of nitrogens with zero attached hydrogens (tertiary/aromatic N) is 1. The quantitative estimate of drug-likeness (QED) is 0.670. The van der Waals surface area contributed by atoms with Crippen molar-refractivity contribution in [3.05, 3.63) is 0 Å². The molecule has 0 aromatic heterocycles. The molecule has 0 bridgehead atoms. The molecule has 1 saturated heterocycles. The summed E-state index contributed by atoms with van der Waals surface area (Å²) in [4.78, 5) is 23.4. The lowest BCUT2D eigenvalue weighted by Gasteiger charge is -2.11. The summed E-state index contributed by atoms with van der Waals surface area (Å²) in [6, 6.07) is 0. The van der Waals surface area contributed by atoms with Crippen LogP contribution in [0.25, 0.3) is 0 Å². The Morgan fingerprint density at radius 2 is 2.46 bits per heavy atom. The van der Waals surface area contributed by atoms with Crippen LogP contribution in [0.5, 0.6) is 0 Å². The summed E-state index contributed by atoms with van der Waals surface area (Å²) >= 11 is 0. The summed E-state index contributed by atoms with van der Waals surface area (Å²) in [6.45, 7) is 3.64. The van der Waals surface area contributed by atoms with E-state index in [9.17, 15) is 9.59 Å². The Morgan fingerprint density at radius 3 is 3.00 bits per heavy atom. The molecule has 0 spiro atoms. The lowest BCUT2D eigenvalue weighted by Crippen LogP contribution is -2.37. The Kier molecular flexibility index (Phi) is 3.54. The molecule has 0 radical (unpaired) electrons. The van der Waals surface area contributed by atoms with E-state index in [1.54, 1.807) is 0 Å². The van der Waals surface area contributed by atoms with Crippen molar-refractivity contribution in [3.8, 4) is 0 Å². The second-order valence-electron chi connectivity index (χ2n) is 2.89. The average Bonchev–Trinajstić information content (AvgIpc) is 2.48. The maximum absolute atomic E-state index is 11.1. The fourth-order valence-corrected chi connectivity index (χ4v) is 1.06. The zero-order valence-corrected chi connectivity index (χ0v) is 7.71. The Hall–Kier alpha value is -1.26. The van der Waals surface area contributed by atoms with E-state index in [1.165, 1.54) is 4.90 Å². The molecule has 1 aliphatic rings. The van der Waals surface area contributed by atoms with E-state index in [4.69, 9.17) is 0 Å². The SMILES string of the molecule is CCCNC(=O)CN1CCOC1=O. The van der Waals surface area contributed by atoms with Gasteiger partial charge in [-0.15, -0.1) is 0 Å². The second kappa shape index (κ2) is 4.69. The van der Waals surface area contributed by atoms with Crippen LogP contribution in [-0.2, 0) is 9.53 Å². The average molecular weight is 186 g/mol. The Morgan fingerprint density at radius 1 is 1.69 bits per heavy atom. The molecule has 74 valence electrons. The van der Waals surface area contributed by atoms with Gasteiger partial charge in [-0.05, 0) is 6.42 Å². The van der Waals surface area contributed by atoms with Gasteiger partial charge in [0, 0.05) is 6.54 Å². The minimum Gasteiger partial charge on any atom is -0.448 e. The third-order valence-electron chi connectivity index (χ3n) is 1.75. The van der Waals surface area contributed by atoms with Crippen molar-refractivity contribution in [1.82, 2.24) is 10.2 Å². The van der Waals surface area contributed by atoms with Gasteiger partial charge in [0.25, 0.3) is 0 Å². The molecular weight excluding hydrogens is 172 g/mol. The molecule has 1 aliphatic heterocycles. The minimum absolute atomic E-state index is 0.110. The van der Waals surface area contributed by atoms with Crippen LogP contribution in [0.2, 0.25) is 0 Å². The summed E-state index contributed by atoms with van der Waals surface area (Å²) in [5, 5.41) is 2.69. The van der Waals surface area contributed by atoms with E-state index in [1.807, 2.05) is 6.92 Å². The van der Waals surface area contributed by atoms with Crippen LogP contribution in [0, 0.1) is 0 Å². The van der Waals surface area contributed by atoms with Gasteiger partial charge in [0.2, 0.25) is 5.91 Å². The van der Waals surface area contributed by atoms with Crippen molar-refractivity contribution in [3.63, 3.8) is 0 Å². The van der Waals surface area contributed by atoms with Gasteiger partial charge in [0.05, 0.1) is 6.54 Å². The minimum atomic E-state index is -0.397. The number of rotatable bonds is 4. The Balaban J connectivity index is 2.23. The van der Waals surface area contributed by atoms with E-state index in [0.29, 0.717) is 19.7 Å². The molecule has 5 nitrogen and oxygen atoms in total. The molecule has 13 heavy (non-hydrogen) atoms. The van der Waals surface area contributed by atoms with Crippen LogP contribution in [0.1, 0.15) is 13.3 Å². The van der Waals surface area contributed by atoms with Crippen LogP contribution < -0.4 is 5.32 Å². The highest BCUT2D eigenvalue weighted by atomic mass is 16.6. The topological polar surface area (TPSA) is 58.6 Å². The first-order valence-electron chi connectivity index (χ1n) is 4.42. The predicted octanol–water partition coefficient (Wildman–Crippen LogP) is -0.0352. The van der Waals surface area contributed by atoms with E-state index < -0.39 is 6.09 Å². The van der Waals surface area contributed by atoms with Crippen LogP contribution >= 0.6 is 0 Å². The highest BCUT2D eigenvalue weighted by Crippen LogP contribution is 2.01.